The van der Waals surface area contributed by atoms with Gasteiger partial charge >= 0.3 is 0 Å². The molecule has 0 unspecified atom stereocenters. The van der Waals surface area contributed by atoms with Gasteiger partial charge in [0.15, 0.2) is 0 Å². The molecule has 3 nitrogen and oxygen atoms in total. The van der Waals surface area contributed by atoms with Crippen molar-refractivity contribution < 1.29 is 9.13 Å². The third-order valence-electron chi connectivity index (χ3n) is 2.87. The smallest absolute Gasteiger partial charge is 0.124 e. The van der Waals surface area contributed by atoms with E-state index in [9.17, 15) is 4.39 Å². The molecule has 0 fully saturated rings. The van der Waals surface area contributed by atoms with Crippen molar-refractivity contribution in [1.29, 1.82) is 5.26 Å². The summed E-state index contributed by atoms with van der Waals surface area (Å²) in [4.78, 5) is 0. The van der Waals surface area contributed by atoms with E-state index in [-0.39, 0.29) is 6.61 Å². The lowest BCUT2D eigenvalue weighted by atomic mass is 10.1. The molecular formula is C16H15FN2O. The van der Waals surface area contributed by atoms with Gasteiger partial charge in [-0.05, 0) is 48.4 Å². The lowest BCUT2D eigenvalue weighted by Gasteiger charge is -2.11. The summed E-state index contributed by atoms with van der Waals surface area (Å²) in [5.74, 6) is 0.304. The van der Waals surface area contributed by atoms with Crippen molar-refractivity contribution in [3.63, 3.8) is 0 Å². The number of hydrogen-bond donors (Lipinski definition) is 1. The van der Waals surface area contributed by atoms with Gasteiger partial charge in [0, 0.05) is 0 Å². The molecule has 0 heterocycles. The zero-order valence-electron chi connectivity index (χ0n) is 11.0. The highest BCUT2D eigenvalue weighted by Crippen LogP contribution is 2.20. The molecule has 0 amide bonds. The van der Waals surface area contributed by atoms with Gasteiger partial charge in [0.2, 0.25) is 0 Å². The summed E-state index contributed by atoms with van der Waals surface area (Å²) in [6, 6.07) is 13.7. The third-order valence-corrected chi connectivity index (χ3v) is 2.87. The first kappa shape index (κ1) is 14.0. The van der Waals surface area contributed by atoms with E-state index in [0.717, 1.165) is 17.7 Å². The third kappa shape index (κ3) is 3.56. The van der Waals surface area contributed by atoms with Gasteiger partial charge in [-0.3, -0.25) is 0 Å². The predicted octanol–water partition coefficient (Wildman–Crippen LogP) is 2.78. The average molecular weight is 270 g/mol. The summed E-state index contributed by atoms with van der Waals surface area (Å²) >= 11 is 0. The predicted molar refractivity (Wildman–Crippen MR) is 74.6 cm³/mol. The molecule has 0 aromatic heterocycles. The van der Waals surface area contributed by atoms with Gasteiger partial charge in [-0.2, -0.15) is 5.26 Å². The first-order valence-electron chi connectivity index (χ1n) is 6.33. The maximum absolute atomic E-state index is 13.3. The highest BCUT2D eigenvalue weighted by molar-refractivity contribution is 5.36. The number of nitriles is 1. The molecule has 2 aromatic rings. The Hall–Kier alpha value is -2.38. The monoisotopic (exact) mass is 270 g/mol. The number of halogens is 1. The molecule has 0 saturated carbocycles. The first-order chi connectivity index (χ1) is 9.72. The molecule has 2 aromatic carbocycles. The zero-order chi connectivity index (χ0) is 14.4. The second kappa shape index (κ2) is 6.69. The van der Waals surface area contributed by atoms with Crippen LogP contribution in [0.4, 0.5) is 4.39 Å². The molecule has 102 valence electrons. The Morgan fingerprint density at radius 2 is 2.00 bits per heavy atom. The molecule has 2 N–H and O–H groups in total. The van der Waals surface area contributed by atoms with Gasteiger partial charge in [0.05, 0.1) is 11.6 Å². The minimum absolute atomic E-state index is 0.216. The van der Waals surface area contributed by atoms with Crippen molar-refractivity contribution in [3.05, 3.63) is 65.0 Å². The fraction of sp³-hybridized carbons (Fsp3) is 0.188. The van der Waals surface area contributed by atoms with Crippen LogP contribution in [-0.2, 0) is 13.0 Å². The Labute approximate surface area is 117 Å². The summed E-state index contributed by atoms with van der Waals surface area (Å²) in [5.41, 5.74) is 7.49. The van der Waals surface area contributed by atoms with E-state index in [1.165, 1.54) is 12.1 Å². The number of hydrogen-bond acceptors (Lipinski definition) is 3. The summed E-state index contributed by atoms with van der Waals surface area (Å²) in [7, 11) is 0. The Bertz CT molecular complexity index is 635. The lowest BCUT2D eigenvalue weighted by molar-refractivity contribution is 0.302. The molecule has 0 aliphatic heterocycles. The fourth-order valence-electron chi connectivity index (χ4n) is 1.97. The van der Waals surface area contributed by atoms with E-state index >= 15 is 0 Å². The Morgan fingerprint density at radius 3 is 2.75 bits per heavy atom. The van der Waals surface area contributed by atoms with Crippen LogP contribution >= 0.6 is 0 Å². The summed E-state index contributed by atoms with van der Waals surface area (Å²) in [5, 5.41) is 8.81. The topological polar surface area (TPSA) is 59.0 Å². The first-order valence-corrected chi connectivity index (χ1v) is 6.33. The molecule has 2 rings (SSSR count). The van der Waals surface area contributed by atoms with Crippen LogP contribution in [0.3, 0.4) is 0 Å². The molecule has 0 aliphatic carbocycles. The Kier molecular flexibility index (Phi) is 4.70. The van der Waals surface area contributed by atoms with Gasteiger partial charge in [-0.15, -0.1) is 0 Å². The number of ether oxygens (including phenoxy) is 1. The minimum Gasteiger partial charge on any atom is -0.489 e. The van der Waals surface area contributed by atoms with Crippen molar-refractivity contribution in [1.82, 2.24) is 0 Å². The standard InChI is InChI=1S/C16H15FN2O/c17-15-8-12(10-19)7-13(9-15)11-20-16-4-2-1-3-14(16)5-6-18/h1-4,7-9H,5-6,11,18H2. The number of para-hydroxylation sites is 1. The van der Waals surface area contributed by atoms with Gasteiger partial charge in [0.25, 0.3) is 0 Å². The molecule has 0 bridgehead atoms. The van der Waals surface area contributed by atoms with Crippen LogP contribution < -0.4 is 10.5 Å². The van der Waals surface area contributed by atoms with Crippen LogP contribution in [-0.4, -0.2) is 6.54 Å². The Balaban J connectivity index is 2.13. The number of benzene rings is 2. The van der Waals surface area contributed by atoms with Crippen molar-refractivity contribution in [3.8, 4) is 11.8 Å². The normalized spacial score (nSPS) is 10.1. The Morgan fingerprint density at radius 1 is 1.20 bits per heavy atom. The number of rotatable bonds is 5. The van der Waals surface area contributed by atoms with Crippen molar-refractivity contribution in [2.24, 2.45) is 5.73 Å². The maximum atomic E-state index is 13.3. The molecular weight excluding hydrogens is 255 g/mol. The number of nitrogens with zero attached hydrogens (tertiary/aromatic N) is 1. The van der Waals surface area contributed by atoms with Crippen LogP contribution in [0.5, 0.6) is 5.75 Å². The molecule has 0 saturated heterocycles. The quantitative estimate of drug-likeness (QED) is 0.908. The van der Waals surface area contributed by atoms with Crippen LogP contribution in [0.25, 0.3) is 0 Å². The van der Waals surface area contributed by atoms with E-state index in [1.807, 2.05) is 30.3 Å². The van der Waals surface area contributed by atoms with Crippen molar-refractivity contribution in [2.75, 3.05) is 6.54 Å². The molecule has 20 heavy (non-hydrogen) atoms. The van der Waals surface area contributed by atoms with Crippen LogP contribution in [0.2, 0.25) is 0 Å². The molecule has 0 aliphatic rings. The fourth-order valence-corrected chi connectivity index (χ4v) is 1.97. The molecule has 0 spiro atoms. The van der Waals surface area contributed by atoms with E-state index < -0.39 is 5.82 Å². The van der Waals surface area contributed by atoms with Gasteiger partial charge < -0.3 is 10.5 Å². The van der Waals surface area contributed by atoms with E-state index in [1.54, 1.807) is 6.07 Å². The van der Waals surface area contributed by atoms with Crippen LogP contribution in [0.1, 0.15) is 16.7 Å². The molecule has 0 radical (unpaired) electrons. The SMILES string of the molecule is N#Cc1cc(F)cc(COc2ccccc2CCN)c1. The van der Waals surface area contributed by atoms with E-state index in [4.69, 9.17) is 15.7 Å². The van der Waals surface area contributed by atoms with E-state index in [2.05, 4.69) is 0 Å². The largest absolute Gasteiger partial charge is 0.489 e. The maximum Gasteiger partial charge on any atom is 0.124 e. The summed E-state index contributed by atoms with van der Waals surface area (Å²) < 4.78 is 19.0. The second-order valence-electron chi connectivity index (χ2n) is 4.40. The number of nitrogens with two attached hydrogens (primary N) is 1. The highest BCUT2D eigenvalue weighted by atomic mass is 19.1. The average Bonchev–Trinajstić information content (AvgIpc) is 2.46. The molecule has 4 heteroatoms. The highest BCUT2D eigenvalue weighted by Gasteiger charge is 2.05. The van der Waals surface area contributed by atoms with Gasteiger partial charge in [0.1, 0.15) is 18.2 Å². The summed E-state index contributed by atoms with van der Waals surface area (Å²) in [6.45, 7) is 0.757. The van der Waals surface area contributed by atoms with Gasteiger partial charge in [-0.25, -0.2) is 4.39 Å². The summed E-state index contributed by atoms with van der Waals surface area (Å²) in [6.07, 6.45) is 0.725. The molecule has 0 atom stereocenters. The van der Waals surface area contributed by atoms with Crippen molar-refractivity contribution >= 4 is 0 Å². The van der Waals surface area contributed by atoms with E-state index in [0.29, 0.717) is 17.7 Å². The van der Waals surface area contributed by atoms with Gasteiger partial charge in [-0.1, -0.05) is 18.2 Å². The van der Waals surface area contributed by atoms with Crippen LogP contribution in [0, 0.1) is 17.1 Å². The van der Waals surface area contributed by atoms with Crippen LogP contribution in [0.15, 0.2) is 42.5 Å². The van der Waals surface area contributed by atoms with Crippen molar-refractivity contribution in [2.45, 2.75) is 13.0 Å². The minimum atomic E-state index is -0.433. The zero-order valence-corrected chi connectivity index (χ0v) is 11.0. The lowest BCUT2D eigenvalue weighted by Crippen LogP contribution is -2.05. The second-order valence-corrected chi connectivity index (χ2v) is 4.40.